The first-order valence-corrected chi connectivity index (χ1v) is 8.64. The minimum Gasteiger partial charge on any atom is -0.481 e. The zero-order chi connectivity index (χ0) is 18.7. The molecule has 2 amide bonds. The predicted octanol–water partition coefficient (Wildman–Crippen LogP) is 0.893. The van der Waals surface area contributed by atoms with Gasteiger partial charge in [-0.2, -0.15) is 0 Å². The number of carboxylic acid groups (broad SMARTS) is 1. The van der Waals surface area contributed by atoms with E-state index in [-0.39, 0.29) is 37.7 Å². The standard InChI is InChI=1S/C18H22N2O6/c1-12-18(24)20(14-4-2-3-5-15(14)26-12)7-6-16(21)19-8-9-25-13(11-19)10-17(22)23/h2-5,12-13H,6-11H2,1H3,(H,22,23)/t12-,13-/m0/s1. The smallest absolute Gasteiger partial charge is 0.306 e. The van der Waals surface area contributed by atoms with Crippen LogP contribution in [0.25, 0.3) is 0 Å². The number of anilines is 1. The monoisotopic (exact) mass is 362 g/mol. The maximum absolute atomic E-state index is 12.5. The summed E-state index contributed by atoms with van der Waals surface area (Å²) in [5.74, 6) is -0.621. The number of amides is 2. The number of ether oxygens (including phenoxy) is 2. The normalized spacial score (nSPS) is 22.6. The summed E-state index contributed by atoms with van der Waals surface area (Å²) in [7, 11) is 0. The molecule has 0 radical (unpaired) electrons. The number of carbonyl (C=O) groups is 3. The van der Waals surface area contributed by atoms with Gasteiger partial charge in [0.15, 0.2) is 6.10 Å². The van der Waals surface area contributed by atoms with Crippen molar-refractivity contribution >= 4 is 23.5 Å². The van der Waals surface area contributed by atoms with Gasteiger partial charge in [-0.3, -0.25) is 14.4 Å². The molecule has 8 heteroatoms. The number of carboxylic acids is 1. The topological polar surface area (TPSA) is 96.4 Å². The van der Waals surface area contributed by atoms with E-state index < -0.39 is 18.2 Å². The highest BCUT2D eigenvalue weighted by Gasteiger charge is 2.32. The Balaban J connectivity index is 1.62. The van der Waals surface area contributed by atoms with E-state index in [0.717, 1.165) is 0 Å². The number of para-hydroxylation sites is 2. The summed E-state index contributed by atoms with van der Waals surface area (Å²) in [5, 5.41) is 8.87. The molecule has 1 aromatic carbocycles. The number of hydrogen-bond donors (Lipinski definition) is 1. The van der Waals surface area contributed by atoms with Crippen LogP contribution in [0.3, 0.4) is 0 Å². The largest absolute Gasteiger partial charge is 0.481 e. The Morgan fingerprint density at radius 2 is 2.08 bits per heavy atom. The molecule has 1 saturated heterocycles. The fourth-order valence-electron chi connectivity index (χ4n) is 3.22. The number of carbonyl (C=O) groups excluding carboxylic acids is 2. The Labute approximate surface area is 151 Å². The molecular weight excluding hydrogens is 340 g/mol. The lowest BCUT2D eigenvalue weighted by Crippen LogP contribution is -2.49. The number of morpholine rings is 1. The van der Waals surface area contributed by atoms with Gasteiger partial charge in [-0.1, -0.05) is 12.1 Å². The van der Waals surface area contributed by atoms with Crippen LogP contribution in [0.5, 0.6) is 5.75 Å². The number of fused-ring (bicyclic) bond motifs is 1. The number of benzene rings is 1. The second kappa shape index (κ2) is 7.74. The van der Waals surface area contributed by atoms with Crippen molar-refractivity contribution in [2.75, 3.05) is 31.1 Å². The Bertz CT molecular complexity index is 707. The van der Waals surface area contributed by atoms with Crippen molar-refractivity contribution in [3.63, 3.8) is 0 Å². The summed E-state index contributed by atoms with van der Waals surface area (Å²) < 4.78 is 11.0. The molecule has 0 spiro atoms. The maximum atomic E-state index is 12.5. The number of hydrogen-bond acceptors (Lipinski definition) is 5. The molecule has 26 heavy (non-hydrogen) atoms. The van der Waals surface area contributed by atoms with E-state index in [0.29, 0.717) is 24.6 Å². The van der Waals surface area contributed by atoms with Crippen LogP contribution in [-0.2, 0) is 19.1 Å². The number of nitrogens with zero attached hydrogens (tertiary/aromatic N) is 2. The molecule has 2 aliphatic heterocycles. The Morgan fingerprint density at radius 1 is 1.31 bits per heavy atom. The predicted molar refractivity (Wildman–Crippen MR) is 92.1 cm³/mol. The molecule has 3 rings (SSSR count). The van der Waals surface area contributed by atoms with E-state index in [1.807, 2.05) is 12.1 Å². The van der Waals surface area contributed by atoms with E-state index in [4.69, 9.17) is 14.6 Å². The summed E-state index contributed by atoms with van der Waals surface area (Å²) in [6.07, 6.45) is -1.05. The molecule has 0 aromatic heterocycles. The van der Waals surface area contributed by atoms with Gasteiger partial charge in [0.25, 0.3) is 5.91 Å². The molecule has 2 heterocycles. The van der Waals surface area contributed by atoms with Crippen LogP contribution in [0, 0.1) is 0 Å². The molecule has 0 aliphatic carbocycles. The summed E-state index contributed by atoms with van der Waals surface area (Å²) in [4.78, 5) is 39.0. The van der Waals surface area contributed by atoms with E-state index in [2.05, 4.69) is 0 Å². The van der Waals surface area contributed by atoms with Gasteiger partial charge < -0.3 is 24.4 Å². The molecule has 140 valence electrons. The van der Waals surface area contributed by atoms with Gasteiger partial charge in [0.1, 0.15) is 5.75 Å². The van der Waals surface area contributed by atoms with Crippen LogP contribution in [0.4, 0.5) is 5.69 Å². The van der Waals surface area contributed by atoms with Crippen molar-refractivity contribution in [3.05, 3.63) is 24.3 Å². The maximum Gasteiger partial charge on any atom is 0.306 e. The molecule has 2 aliphatic rings. The van der Waals surface area contributed by atoms with Crippen molar-refractivity contribution in [2.24, 2.45) is 0 Å². The van der Waals surface area contributed by atoms with Gasteiger partial charge in [-0.15, -0.1) is 0 Å². The first kappa shape index (κ1) is 18.2. The third-order valence-electron chi connectivity index (χ3n) is 4.52. The third-order valence-corrected chi connectivity index (χ3v) is 4.52. The summed E-state index contributed by atoms with van der Waals surface area (Å²) in [6.45, 7) is 2.95. The van der Waals surface area contributed by atoms with Gasteiger partial charge in [0.05, 0.1) is 24.8 Å². The molecular formula is C18H22N2O6. The average molecular weight is 362 g/mol. The first-order valence-electron chi connectivity index (χ1n) is 8.64. The van der Waals surface area contributed by atoms with Crippen molar-refractivity contribution in [3.8, 4) is 5.75 Å². The summed E-state index contributed by atoms with van der Waals surface area (Å²) in [6, 6.07) is 7.24. The van der Waals surface area contributed by atoms with Crippen molar-refractivity contribution in [2.45, 2.75) is 32.0 Å². The van der Waals surface area contributed by atoms with Crippen LogP contribution in [0.2, 0.25) is 0 Å². The van der Waals surface area contributed by atoms with Gasteiger partial charge in [0.2, 0.25) is 5.91 Å². The molecule has 1 fully saturated rings. The lowest BCUT2D eigenvalue weighted by Gasteiger charge is -2.35. The second-order valence-electron chi connectivity index (χ2n) is 6.40. The van der Waals surface area contributed by atoms with E-state index in [1.165, 1.54) is 0 Å². The zero-order valence-corrected chi connectivity index (χ0v) is 14.6. The van der Waals surface area contributed by atoms with E-state index in [1.54, 1.807) is 28.9 Å². The van der Waals surface area contributed by atoms with Crippen LogP contribution < -0.4 is 9.64 Å². The SMILES string of the molecule is C[C@@H]1Oc2ccccc2N(CCC(=O)N2CCO[C@@H](CC(=O)O)C2)C1=O. The van der Waals surface area contributed by atoms with Gasteiger partial charge in [-0.25, -0.2) is 0 Å². The summed E-state index contributed by atoms with van der Waals surface area (Å²) >= 11 is 0. The van der Waals surface area contributed by atoms with Crippen molar-refractivity contribution in [1.29, 1.82) is 0 Å². The fourth-order valence-corrected chi connectivity index (χ4v) is 3.22. The van der Waals surface area contributed by atoms with Gasteiger partial charge >= 0.3 is 5.97 Å². The lowest BCUT2D eigenvalue weighted by molar-refractivity contribution is -0.147. The average Bonchev–Trinajstić information content (AvgIpc) is 2.61. The Morgan fingerprint density at radius 3 is 2.85 bits per heavy atom. The van der Waals surface area contributed by atoms with Crippen LogP contribution in [0.15, 0.2) is 24.3 Å². The van der Waals surface area contributed by atoms with Crippen LogP contribution in [0.1, 0.15) is 19.8 Å². The lowest BCUT2D eigenvalue weighted by atomic mass is 10.1. The van der Waals surface area contributed by atoms with E-state index >= 15 is 0 Å². The highest BCUT2D eigenvalue weighted by atomic mass is 16.5. The van der Waals surface area contributed by atoms with Gasteiger partial charge in [-0.05, 0) is 19.1 Å². The molecule has 1 N–H and O–H groups in total. The molecule has 8 nitrogen and oxygen atoms in total. The Kier molecular flexibility index (Phi) is 5.41. The van der Waals surface area contributed by atoms with E-state index in [9.17, 15) is 14.4 Å². The van der Waals surface area contributed by atoms with Gasteiger partial charge in [0, 0.05) is 26.1 Å². The van der Waals surface area contributed by atoms with Crippen molar-refractivity contribution in [1.82, 2.24) is 4.90 Å². The molecule has 0 unspecified atom stereocenters. The second-order valence-corrected chi connectivity index (χ2v) is 6.40. The van der Waals surface area contributed by atoms with Crippen LogP contribution >= 0.6 is 0 Å². The van der Waals surface area contributed by atoms with Crippen molar-refractivity contribution < 1.29 is 29.0 Å². The van der Waals surface area contributed by atoms with Crippen LogP contribution in [-0.4, -0.2) is 66.2 Å². The molecule has 1 aromatic rings. The highest BCUT2D eigenvalue weighted by molar-refractivity contribution is 6.00. The molecule has 2 atom stereocenters. The molecule has 0 saturated carbocycles. The fraction of sp³-hybridized carbons (Fsp3) is 0.500. The molecule has 0 bridgehead atoms. The quantitative estimate of drug-likeness (QED) is 0.836. The minimum atomic E-state index is -0.950. The minimum absolute atomic E-state index is 0.117. The third kappa shape index (κ3) is 3.96. The zero-order valence-electron chi connectivity index (χ0n) is 14.6. The highest BCUT2D eigenvalue weighted by Crippen LogP contribution is 2.33. The number of aliphatic carboxylic acids is 1. The summed E-state index contributed by atoms with van der Waals surface area (Å²) in [5.41, 5.74) is 0.661. The number of rotatable bonds is 5. The Hall–Kier alpha value is -2.61. The first-order chi connectivity index (χ1) is 12.5.